The van der Waals surface area contributed by atoms with Crippen LogP contribution in [0.25, 0.3) is 10.9 Å². The largest absolute Gasteiger partial charge is 0.508 e. The SMILES string of the molecule is COc1cc(O)cc(Nc2ccnc3ccc(N=S(C)(=O)c4cccc(NC(C)=O)c4)cc23)c1. The average molecular weight is 477 g/mol. The van der Waals surface area contributed by atoms with Crippen LogP contribution in [0.3, 0.4) is 0 Å². The van der Waals surface area contributed by atoms with Crippen molar-refractivity contribution < 1.29 is 18.8 Å². The van der Waals surface area contributed by atoms with Crippen molar-refractivity contribution in [3.63, 3.8) is 0 Å². The van der Waals surface area contributed by atoms with Crippen molar-refractivity contribution in [1.82, 2.24) is 4.98 Å². The quantitative estimate of drug-likeness (QED) is 0.342. The molecule has 8 nitrogen and oxygen atoms in total. The summed E-state index contributed by atoms with van der Waals surface area (Å²) in [7, 11) is -1.26. The number of amides is 1. The number of nitrogens with zero attached hydrogens (tertiary/aromatic N) is 2. The van der Waals surface area contributed by atoms with Gasteiger partial charge in [-0.3, -0.25) is 9.78 Å². The third kappa shape index (κ3) is 5.26. The van der Waals surface area contributed by atoms with Gasteiger partial charge in [0.25, 0.3) is 0 Å². The number of aromatic hydroxyl groups is 1. The Morgan fingerprint density at radius 1 is 1.06 bits per heavy atom. The van der Waals surface area contributed by atoms with Crippen LogP contribution in [-0.2, 0) is 14.5 Å². The molecule has 9 heteroatoms. The first-order chi connectivity index (χ1) is 16.2. The third-order valence-electron chi connectivity index (χ3n) is 5.00. The lowest BCUT2D eigenvalue weighted by Gasteiger charge is -2.12. The Morgan fingerprint density at radius 3 is 2.65 bits per heavy atom. The molecule has 4 aromatic rings. The number of ether oxygens (including phenoxy) is 1. The zero-order valence-corrected chi connectivity index (χ0v) is 19.7. The molecule has 34 heavy (non-hydrogen) atoms. The van der Waals surface area contributed by atoms with E-state index in [-0.39, 0.29) is 11.7 Å². The number of aromatic nitrogens is 1. The van der Waals surface area contributed by atoms with Gasteiger partial charge in [-0.2, -0.15) is 4.36 Å². The van der Waals surface area contributed by atoms with E-state index in [1.165, 1.54) is 20.1 Å². The lowest BCUT2D eigenvalue weighted by Crippen LogP contribution is -2.06. The van der Waals surface area contributed by atoms with Crippen molar-refractivity contribution in [2.75, 3.05) is 24.0 Å². The number of carbonyl (C=O) groups is 1. The third-order valence-corrected chi connectivity index (χ3v) is 6.69. The Labute approximate surface area is 197 Å². The van der Waals surface area contributed by atoms with Gasteiger partial charge in [0.2, 0.25) is 5.91 Å². The van der Waals surface area contributed by atoms with Crippen molar-refractivity contribution in [1.29, 1.82) is 0 Å². The van der Waals surface area contributed by atoms with Crippen molar-refractivity contribution in [2.24, 2.45) is 4.36 Å². The van der Waals surface area contributed by atoms with Gasteiger partial charge < -0.3 is 20.5 Å². The van der Waals surface area contributed by atoms with Crippen molar-refractivity contribution >= 4 is 49.3 Å². The van der Waals surface area contributed by atoms with Crippen molar-refractivity contribution in [2.45, 2.75) is 11.8 Å². The summed E-state index contributed by atoms with van der Waals surface area (Å²) in [5, 5.41) is 16.7. The van der Waals surface area contributed by atoms with E-state index in [1.807, 2.05) is 18.2 Å². The maximum Gasteiger partial charge on any atom is 0.221 e. The van der Waals surface area contributed by atoms with Gasteiger partial charge >= 0.3 is 0 Å². The Kier molecular flexibility index (Phi) is 6.38. The first-order valence-electron chi connectivity index (χ1n) is 10.4. The van der Waals surface area contributed by atoms with Crippen molar-refractivity contribution in [3.8, 4) is 11.5 Å². The standard InChI is InChI=1S/C25H24N4O4S/c1-16(30)27-17-5-4-6-22(13-17)34(3,32)29-18-7-8-24-23(14-18)25(9-10-26-24)28-19-11-20(31)15-21(12-19)33-2/h4-15,31H,1-3H3,(H,26,28)(H,27,30). The van der Waals surface area contributed by atoms with Crippen LogP contribution in [0.1, 0.15) is 6.92 Å². The number of hydrogen-bond acceptors (Lipinski definition) is 7. The Bertz CT molecular complexity index is 1510. The summed E-state index contributed by atoms with van der Waals surface area (Å²) in [6, 6.07) is 18.9. The molecule has 4 rings (SSSR count). The Balaban J connectivity index is 1.74. The van der Waals surface area contributed by atoms with Gasteiger partial charge in [-0.05, 0) is 42.5 Å². The van der Waals surface area contributed by atoms with Gasteiger partial charge in [0.05, 0.1) is 28.0 Å². The number of carbonyl (C=O) groups excluding carboxylic acids is 1. The highest BCUT2D eigenvalue weighted by Gasteiger charge is 2.10. The fraction of sp³-hybridized carbons (Fsp3) is 0.120. The maximum atomic E-state index is 13.5. The van der Waals surface area contributed by atoms with E-state index in [0.29, 0.717) is 27.7 Å². The molecule has 1 unspecified atom stereocenters. The Hall–Kier alpha value is -4.11. The van der Waals surface area contributed by atoms with E-state index in [9.17, 15) is 14.1 Å². The number of fused-ring (bicyclic) bond motifs is 1. The molecule has 3 aromatic carbocycles. The van der Waals surface area contributed by atoms with Crippen LogP contribution in [0.4, 0.5) is 22.7 Å². The molecule has 0 aliphatic heterocycles. The van der Waals surface area contributed by atoms with Crippen LogP contribution in [0.15, 0.2) is 82.2 Å². The topological polar surface area (TPSA) is 113 Å². The summed E-state index contributed by atoms with van der Waals surface area (Å²) in [4.78, 5) is 16.3. The van der Waals surface area contributed by atoms with Crippen LogP contribution < -0.4 is 15.4 Å². The summed E-state index contributed by atoms with van der Waals surface area (Å²) in [5.74, 6) is 0.384. The lowest BCUT2D eigenvalue weighted by molar-refractivity contribution is -0.114. The molecule has 1 atom stereocenters. The van der Waals surface area contributed by atoms with E-state index in [2.05, 4.69) is 20.0 Å². The summed E-state index contributed by atoms with van der Waals surface area (Å²) in [6.45, 7) is 1.42. The second-order valence-corrected chi connectivity index (χ2v) is 9.97. The fourth-order valence-corrected chi connectivity index (χ4v) is 4.79. The number of phenolic OH excluding ortho intramolecular Hbond substituents is 1. The molecule has 0 bridgehead atoms. The lowest BCUT2D eigenvalue weighted by atomic mass is 10.1. The zero-order valence-electron chi connectivity index (χ0n) is 18.9. The van der Waals surface area contributed by atoms with Crippen LogP contribution in [0.2, 0.25) is 0 Å². The van der Waals surface area contributed by atoms with E-state index in [4.69, 9.17) is 4.74 Å². The van der Waals surface area contributed by atoms with Crippen molar-refractivity contribution in [3.05, 3.63) is 72.9 Å². The molecule has 1 heterocycles. The first-order valence-corrected chi connectivity index (χ1v) is 12.3. The van der Waals surface area contributed by atoms with Gasteiger partial charge in [0, 0.05) is 64.9 Å². The molecular weight excluding hydrogens is 452 g/mol. The van der Waals surface area contributed by atoms with Gasteiger partial charge in [-0.15, -0.1) is 0 Å². The predicted molar refractivity (Wildman–Crippen MR) is 135 cm³/mol. The highest BCUT2D eigenvalue weighted by molar-refractivity contribution is 7.93. The summed E-state index contributed by atoms with van der Waals surface area (Å²) in [5.41, 5.74) is 3.19. The van der Waals surface area contributed by atoms with Crippen LogP contribution in [0.5, 0.6) is 11.5 Å². The zero-order chi connectivity index (χ0) is 24.3. The molecule has 0 radical (unpaired) electrons. The fourth-order valence-electron chi connectivity index (χ4n) is 3.50. The first kappa shape index (κ1) is 23.1. The number of methoxy groups -OCH3 is 1. The smallest absolute Gasteiger partial charge is 0.221 e. The normalized spacial score (nSPS) is 12.6. The van der Waals surface area contributed by atoms with E-state index in [1.54, 1.807) is 54.9 Å². The second kappa shape index (κ2) is 9.40. The maximum absolute atomic E-state index is 13.5. The van der Waals surface area contributed by atoms with Gasteiger partial charge in [-0.1, -0.05) is 6.07 Å². The van der Waals surface area contributed by atoms with E-state index < -0.39 is 9.73 Å². The highest BCUT2D eigenvalue weighted by Crippen LogP contribution is 2.32. The number of benzene rings is 3. The van der Waals surface area contributed by atoms with E-state index in [0.717, 1.165) is 16.6 Å². The monoisotopic (exact) mass is 476 g/mol. The summed E-state index contributed by atoms with van der Waals surface area (Å²) >= 11 is 0. The molecule has 0 saturated carbocycles. The minimum Gasteiger partial charge on any atom is -0.508 e. The molecule has 0 spiro atoms. The minimum absolute atomic E-state index is 0.0723. The minimum atomic E-state index is -2.79. The number of phenols is 1. The highest BCUT2D eigenvalue weighted by atomic mass is 32.2. The molecule has 0 saturated heterocycles. The van der Waals surface area contributed by atoms with Crippen LogP contribution in [-0.4, -0.2) is 33.6 Å². The van der Waals surface area contributed by atoms with Crippen LogP contribution >= 0.6 is 0 Å². The molecule has 0 fully saturated rings. The number of nitrogens with one attached hydrogen (secondary N) is 2. The van der Waals surface area contributed by atoms with Crippen LogP contribution in [0, 0.1) is 0 Å². The number of anilines is 3. The number of rotatable bonds is 6. The van der Waals surface area contributed by atoms with Gasteiger partial charge in [0.1, 0.15) is 11.5 Å². The predicted octanol–water partition coefficient (Wildman–Crippen LogP) is 5.44. The van der Waals surface area contributed by atoms with E-state index >= 15 is 0 Å². The molecule has 0 aliphatic carbocycles. The summed E-state index contributed by atoms with van der Waals surface area (Å²) in [6.07, 6.45) is 3.24. The molecular formula is C25H24N4O4S. The molecule has 174 valence electrons. The number of pyridine rings is 1. The van der Waals surface area contributed by atoms with Gasteiger partial charge in [0.15, 0.2) is 0 Å². The van der Waals surface area contributed by atoms with Gasteiger partial charge in [-0.25, -0.2) is 4.21 Å². The Morgan fingerprint density at radius 2 is 1.88 bits per heavy atom. The average Bonchev–Trinajstić information content (AvgIpc) is 2.78. The molecule has 0 aliphatic rings. The molecule has 3 N–H and O–H groups in total. The molecule has 1 amide bonds. The number of hydrogen-bond donors (Lipinski definition) is 3. The second-order valence-electron chi connectivity index (χ2n) is 7.71. The molecule has 1 aromatic heterocycles. The summed E-state index contributed by atoms with van der Waals surface area (Å²) < 4.78 is 23.2.